The maximum Gasteiger partial charge on any atom is 0.166 e. The molecule has 0 amide bonds. The van der Waals surface area contributed by atoms with Crippen LogP contribution in [-0.2, 0) is 12.8 Å². The van der Waals surface area contributed by atoms with Crippen LogP contribution in [0.2, 0.25) is 0 Å². The highest BCUT2D eigenvalue weighted by molar-refractivity contribution is 5.99. The average Bonchev–Trinajstić information content (AvgIpc) is 3.02. The quantitative estimate of drug-likeness (QED) is 0.700. The fraction of sp³-hybridized carbons (Fsp3) is 0.273. The van der Waals surface area contributed by atoms with E-state index in [2.05, 4.69) is 48.0 Å². The molecule has 3 nitrogen and oxygen atoms in total. The minimum absolute atomic E-state index is 0.130. The van der Waals surface area contributed by atoms with E-state index >= 15 is 0 Å². The normalized spacial score (nSPS) is 15.0. The first-order valence-corrected chi connectivity index (χ1v) is 8.96. The van der Waals surface area contributed by atoms with E-state index in [1.807, 2.05) is 24.3 Å². The smallest absolute Gasteiger partial charge is 0.166 e. The number of aromatic nitrogens is 2. The molecule has 0 spiro atoms. The van der Waals surface area contributed by atoms with Gasteiger partial charge in [-0.05, 0) is 30.9 Å². The summed E-state index contributed by atoms with van der Waals surface area (Å²) in [5.41, 5.74) is 5.32. The SMILES string of the molecule is CC(c1ccccc1)n1nc(Cc2ccccc2)c2c1CCCC2=O. The van der Waals surface area contributed by atoms with Gasteiger partial charge in [-0.25, -0.2) is 0 Å². The predicted octanol–water partition coefficient (Wildman–Crippen LogP) is 4.60. The van der Waals surface area contributed by atoms with Gasteiger partial charge in [-0.3, -0.25) is 9.48 Å². The van der Waals surface area contributed by atoms with Gasteiger partial charge in [-0.15, -0.1) is 0 Å². The molecular formula is C22H22N2O. The lowest BCUT2D eigenvalue weighted by Crippen LogP contribution is -2.17. The van der Waals surface area contributed by atoms with Crippen LogP contribution in [-0.4, -0.2) is 15.6 Å². The topological polar surface area (TPSA) is 34.9 Å². The molecule has 1 unspecified atom stereocenters. The molecule has 25 heavy (non-hydrogen) atoms. The summed E-state index contributed by atoms with van der Waals surface area (Å²) in [7, 11) is 0. The fourth-order valence-corrected chi connectivity index (χ4v) is 3.73. The van der Waals surface area contributed by atoms with Crippen molar-refractivity contribution < 1.29 is 4.79 Å². The van der Waals surface area contributed by atoms with Gasteiger partial charge in [0.1, 0.15) is 0 Å². The van der Waals surface area contributed by atoms with Gasteiger partial charge in [0.15, 0.2) is 5.78 Å². The molecule has 0 N–H and O–H groups in total. The Balaban J connectivity index is 1.78. The number of benzene rings is 2. The highest BCUT2D eigenvalue weighted by Crippen LogP contribution is 2.30. The van der Waals surface area contributed by atoms with E-state index in [1.54, 1.807) is 0 Å². The molecule has 0 fully saturated rings. The third-order valence-corrected chi connectivity index (χ3v) is 5.04. The molecular weight excluding hydrogens is 308 g/mol. The van der Waals surface area contributed by atoms with Crippen LogP contribution in [0.3, 0.4) is 0 Å². The molecule has 2 aromatic carbocycles. The van der Waals surface area contributed by atoms with Crippen molar-refractivity contribution in [2.24, 2.45) is 0 Å². The van der Waals surface area contributed by atoms with E-state index in [9.17, 15) is 4.79 Å². The number of nitrogens with zero attached hydrogens (tertiary/aromatic N) is 2. The van der Waals surface area contributed by atoms with Crippen molar-refractivity contribution in [2.75, 3.05) is 0 Å². The maximum absolute atomic E-state index is 12.6. The van der Waals surface area contributed by atoms with Gasteiger partial charge < -0.3 is 0 Å². The molecule has 0 saturated heterocycles. The van der Waals surface area contributed by atoms with Crippen LogP contribution in [0.25, 0.3) is 0 Å². The molecule has 1 aromatic heterocycles. The Labute approximate surface area is 148 Å². The third kappa shape index (κ3) is 3.02. The number of Topliss-reactive ketones (excluding diaryl/α,β-unsaturated/α-hetero) is 1. The van der Waals surface area contributed by atoms with E-state index in [4.69, 9.17) is 5.10 Å². The van der Waals surface area contributed by atoms with Crippen LogP contribution < -0.4 is 0 Å². The second-order valence-corrected chi connectivity index (χ2v) is 6.74. The second-order valence-electron chi connectivity index (χ2n) is 6.74. The Bertz CT molecular complexity index is 881. The lowest BCUT2D eigenvalue weighted by atomic mass is 9.92. The highest BCUT2D eigenvalue weighted by Gasteiger charge is 2.28. The van der Waals surface area contributed by atoms with Crippen molar-refractivity contribution in [1.82, 2.24) is 9.78 Å². The molecule has 0 saturated carbocycles. The van der Waals surface area contributed by atoms with Gasteiger partial charge in [-0.1, -0.05) is 60.7 Å². The summed E-state index contributed by atoms with van der Waals surface area (Å²) >= 11 is 0. The van der Waals surface area contributed by atoms with Crippen molar-refractivity contribution in [2.45, 2.75) is 38.6 Å². The number of rotatable bonds is 4. The number of ketones is 1. The molecule has 4 rings (SSSR count). The van der Waals surface area contributed by atoms with Crippen LogP contribution in [0.4, 0.5) is 0 Å². The number of carbonyl (C=O) groups excluding carboxylic acids is 1. The van der Waals surface area contributed by atoms with Crippen LogP contribution in [0.15, 0.2) is 60.7 Å². The van der Waals surface area contributed by atoms with Crippen molar-refractivity contribution in [3.8, 4) is 0 Å². The summed E-state index contributed by atoms with van der Waals surface area (Å²) in [5, 5.41) is 4.91. The first-order chi connectivity index (χ1) is 12.2. The first kappa shape index (κ1) is 15.8. The summed E-state index contributed by atoms with van der Waals surface area (Å²) in [6.07, 6.45) is 3.20. The molecule has 1 atom stereocenters. The molecule has 3 aromatic rings. The first-order valence-electron chi connectivity index (χ1n) is 8.96. The van der Waals surface area contributed by atoms with Crippen molar-refractivity contribution in [3.63, 3.8) is 0 Å². The Morgan fingerprint density at radius 3 is 2.40 bits per heavy atom. The molecule has 1 heterocycles. The van der Waals surface area contributed by atoms with Gasteiger partial charge in [-0.2, -0.15) is 5.10 Å². The summed E-state index contributed by atoms with van der Waals surface area (Å²) < 4.78 is 2.08. The zero-order valence-electron chi connectivity index (χ0n) is 14.5. The third-order valence-electron chi connectivity index (χ3n) is 5.04. The summed E-state index contributed by atoms with van der Waals surface area (Å²) in [5.74, 6) is 0.249. The number of hydrogen-bond acceptors (Lipinski definition) is 2. The molecule has 1 aliphatic carbocycles. The average molecular weight is 330 g/mol. The minimum Gasteiger partial charge on any atom is -0.294 e. The van der Waals surface area contributed by atoms with E-state index in [-0.39, 0.29) is 11.8 Å². The molecule has 3 heteroatoms. The Morgan fingerprint density at radius 2 is 1.68 bits per heavy atom. The largest absolute Gasteiger partial charge is 0.294 e. The highest BCUT2D eigenvalue weighted by atomic mass is 16.1. The molecule has 0 bridgehead atoms. The molecule has 126 valence electrons. The van der Waals surface area contributed by atoms with Crippen molar-refractivity contribution in [3.05, 3.63) is 88.7 Å². The monoisotopic (exact) mass is 330 g/mol. The zero-order valence-corrected chi connectivity index (χ0v) is 14.5. The zero-order chi connectivity index (χ0) is 17.2. The predicted molar refractivity (Wildman–Crippen MR) is 99.0 cm³/mol. The van der Waals surface area contributed by atoms with E-state index in [0.717, 1.165) is 29.8 Å². The van der Waals surface area contributed by atoms with Gasteiger partial charge in [0.25, 0.3) is 0 Å². The lowest BCUT2D eigenvalue weighted by Gasteiger charge is -2.18. The Kier molecular flexibility index (Phi) is 4.22. The minimum atomic E-state index is 0.130. The van der Waals surface area contributed by atoms with E-state index in [0.29, 0.717) is 12.8 Å². The second kappa shape index (κ2) is 6.67. The summed E-state index contributed by atoms with van der Waals surface area (Å²) in [6, 6.07) is 20.8. The van der Waals surface area contributed by atoms with Gasteiger partial charge >= 0.3 is 0 Å². The van der Waals surface area contributed by atoms with E-state index < -0.39 is 0 Å². The number of fused-ring (bicyclic) bond motifs is 1. The van der Waals surface area contributed by atoms with Crippen LogP contribution in [0.1, 0.15) is 58.7 Å². The van der Waals surface area contributed by atoms with Crippen molar-refractivity contribution in [1.29, 1.82) is 0 Å². The van der Waals surface area contributed by atoms with Crippen LogP contribution in [0, 0.1) is 0 Å². The standard InChI is InChI=1S/C22H22N2O/c1-16(18-11-6-3-7-12-18)24-20-13-8-14-21(25)22(20)19(23-24)15-17-9-4-2-5-10-17/h2-7,9-12,16H,8,13-15H2,1H3. The van der Waals surface area contributed by atoms with Gasteiger partial charge in [0, 0.05) is 12.8 Å². The van der Waals surface area contributed by atoms with E-state index in [1.165, 1.54) is 11.1 Å². The molecule has 0 aliphatic heterocycles. The fourth-order valence-electron chi connectivity index (χ4n) is 3.73. The summed E-state index contributed by atoms with van der Waals surface area (Å²) in [4.78, 5) is 12.6. The maximum atomic E-state index is 12.6. The number of carbonyl (C=O) groups is 1. The Morgan fingerprint density at radius 1 is 1.00 bits per heavy atom. The number of hydrogen-bond donors (Lipinski definition) is 0. The van der Waals surface area contributed by atoms with Gasteiger partial charge in [0.05, 0.1) is 23.0 Å². The Hall–Kier alpha value is -2.68. The van der Waals surface area contributed by atoms with Gasteiger partial charge in [0.2, 0.25) is 0 Å². The summed E-state index contributed by atoms with van der Waals surface area (Å²) in [6.45, 7) is 2.16. The molecule has 0 radical (unpaired) electrons. The van der Waals surface area contributed by atoms with Crippen LogP contribution >= 0.6 is 0 Å². The van der Waals surface area contributed by atoms with Crippen molar-refractivity contribution >= 4 is 5.78 Å². The van der Waals surface area contributed by atoms with Crippen LogP contribution in [0.5, 0.6) is 0 Å². The molecule has 1 aliphatic rings. The lowest BCUT2D eigenvalue weighted by molar-refractivity contribution is 0.0971.